The number of fused-ring (bicyclic) bond motifs is 1. The number of Topliss-reactive ketones (excluding diaryl/α,β-unsaturated/α-hetero) is 1. The van der Waals surface area contributed by atoms with E-state index in [1.807, 2.05) is 0 Å². The number of benzene rings is 2. The summed E-state index contributed by atoms with van der Waals surface area (Å²) >= 11 is 0. The van der Waals surface area contributed by atoms with E-state index < -0.39 is 14.9 Å². The minimum Gasteiger partial charge on any atom is -0.438 e. The van der Waals surface area contributed by atoms with Crippen LogP contribution >= 0.6 is 0 Å². The second-order valence-corrected chi connectivity index (χ2v) is 6.56. The molecule has 3 rings (SSSR count). The molecule has 0 spiro atoms. The van der Waals surface area contributed by atoms with Gasteiger partial charge in [-0.2, -0.15) is 8.42 Å². The summed E-state index contributed by atoms with van der Waals surface area (Å²) in [6.07, 6.45) is 0. The molecule has 0 saturated carbocycles. The highest BCUT2D eigenvalue weighted by Gasteiger charge is 2.32. The quantitative estimate of drug-likeness (QED) is 0.478. The normalized spacial score (nSPS) is 14.6. The zero-order valence-corrected chi connectivity index (χ0v) is 13.1. The third-order valence-electron chi connectivity index (χ3n) is 3.36. The standard InChI is InChI=1S/C15H10N2O6S/c1-9(18)10-2-5-12(6-3-10)23-15-13-7-4-11(17(19)20)8-14(13)24(21,22)16-15/h2-8H,1H3. The first-order chi connectivity index (χ1) is 11.3. The van der Waals surface area contributed by atoms with Crippen molar-refractivity contribution < 1.29 is 22.9 Å². The van der Waals surface area contributed by atoms with E-state index in [2.05, 4.69) is 4.40 Å². The topological polar surface area (TPSA) is 116 Å². The van der Waals surface area contributed by atoms with E-state index in [9.17, 15) is 23.3 Å². The molecule has 0 radical (unpaired) electrons. The summed E-state index contributed by atoms with van der Waals surface area (Å²) in [5, 5.41) is 10.8. The molecule has 0 fully saturated rings. The van der Waals surface area contributed by atoms with Gasteiger partial charge < -0.3 is 4.74 Å². The Kier molecular flexibility index (Phi) is 3.64. The number of non-ortho nitro benzene ring substituents is 1. The third-order valence-corrected chi connectivity index (χ3v) is 4.66. The van der Waals surface area contributed by atoms with E-state index in [-0.39, 0.29) is 27.8 Å². The van der Waals surface area contributed by atoms with Gasteiger partial charge in [-0.3, -0.25) is 14.9 Å². The summed E-state index contributed by atoms with van der Waals surface area (Å²) in [5.74, 6) is 0.00983. The highest BCUT2D eigenvalue weighted by atomic mass is 32.2. The predicted molar refractivity (Wildman–Crippen MR) is 83.9 cm³/mol. The van der Waals surface area contributed by atoms with Crippen LogP contribution in [0.3, 0.4) is 0 Å². The average Bonchev–Trinajstić information content (AvgIpc) is 2.78. The number of rotatable bonds is 3. The van der Waals surface area contributed by atoms with Crippen molar-refractivity contribution in [3.63, 3.8) is 0 Å². The number of carbonyl (C=O) groups is 1. The third kappa shape index (κ3) is 2.76. The molecule has 1 aliphatic rings. The van der Waals surface area contributed by atoms with Crippen LogP contribution in [0.5, 0.6) is 5.75 Å². The van der Waals surface area contributed by atoms with Crippen LogP contribution in [0.2, 0.25) is 0 Å². The van der Waals surface area contributed by atoms with Gasteiger partial charge in [-0.1, -0.05) is 0 Å². The Hall–Kier alpha value is -3.07. The molecule has 122 valence electrons. The van der Waals surface area contributed by atoms with Gasteiger partial charge in [-0.05, 0) is 37.3 Å². The molecule has 24 heavy (non-hydrogen) atoms. The number of nitro groups is 1. The van der Waals surface area contributed by atoms with Crippen molar-refractivity contribution in [3.8, 4) is 5.75 Å². The summed E-state index contributed by atoms with van der Waals surface area (Å²) in [5.41, 5.74) is 0.287. The Morgan fingerprint density at radius 3 is 2.42 bits per heavy atom. The summed E-state index contributed by atoms with van der Waals surface area (Å²) in [4.78, 5) is 21.1. The van der Waals surface area contributed by atoms with E-state index >= 15 is 0 Å². The molecule has 8 nitrogen and oxygen atoms in total. The van der Waals surface area contributed by atoms with Crippen molar-refractivity contribution in [2.24, 2.45) is 4.40 Å². The fraction of sp³-hybridized carbons (Fsp3) is 0.0667. The van der Waals surface area contributed by atoms with E-state index in [1.165, 1.54) is 31.2 Å². The lowest BCUT2D eigenvalue weighted by molar-refractivity contribution is -0.385. The largest absolute Gasteiger partial charge is 0.438 e. The molecule has 0 unspecified atom stereocenters. The molecule has 0 aromatic heterocycles. The molecule has 1 heterocycles. The smallest absolute Gasteiger partial charge is 0.286 e. The molecule has 0 amide bonds. The van der Waals surface area contributed by atoms with Crippen molar-refractivity contribution in [2.45, 2.75) is 11.8 Å². The number of carbonyl (C=O) groups excluding carboxylic acids is 1. The number of hydrogen-bond acceptors (Lipinski definition) is 6. The number of sulfonamides is 1. The lowest BCUT2D eigenvalue weighted by Gasteiger charge is -2.06. The Balaban J connectivity index is 1.97. The summed E-state index contributed by atoms with van der Waals surface area (Å²) < 4.78 is 33.1. The Labute approximate surface area is 136 Å². The fourth-order valence-corrected chi connectivity index (χ4v) is 3.32. The first kappa shape index (κ1) is 15.8. The monoisotopic (exact) mass is 346 g/mol. The van der Waals surface area contributed by atoms with Crippen LogP contribution in [-0.4, -0.2) is 25.0 Å². The molecule has 0 aliphatic carbocycles. The molecule has 0 bridgehead atoms. The summed E-state index contributed by atoms with van der Waals surface area (Å²) in [6.45, 7) is 1.42. The number of nitro benzene ring substituents is 1. The van der Waals surface area contributed by atoms with Crippen LogP contribution in [0.1, 0.15) is 22.8 Å². The molecular formula is C15H10N2O6S. The Morgan fingerprint density at radius 1 is 1.17 bits per heavy atom. The maximum absolute atomic E-state index is 12.0. The van der Waals surface area contributed by atoms with Gasteiger partial charge in [-0.25, -0.2) is 0 Å². The first-order valence-corrected chi connectivity index (χ1v) is 8.14. The van der Waals surface area contributed by atoms with Crippen LogP contribution in [0.15, 0.2) is 51.8 Å². The number of nitrogens with zero attached hydrogens (tertiary/aromatic N) is 2. The molecule has 2 aromatic carbocycles. The van der Waals surface area contributed by atoms with Gasteiger partial charge in [0.05, 0.1) is 10.5 Å². The molecule has 0 atom stereocenters. The zero-order valence-electron chi connectivity index (χ0n) is 12.3. The van der Waals surface area contributed by atoms with Gasteiger partial charge in [0.25, 0.3) is 15.7 Å². The predicted octanol–water partition coefficient (Wildman–Crippen LogP) is 2.33. The highest BCUT2D eigenvalue weighted by Crippen LogP contribution is 2.31. The van der Waals surface area contributed by atoms with Crippen LogP contribution in [0.25, 0.3) is 0 Å². The van der Waals surface area contributed by atoms with Crippen molar-refractivity contribution in [1.82, 2.24) is 0 Å². The minimum atomic E-state index is -4.05. The molecule has 0 saturated heterocycles. The maximum Gasteiger partial charge on any atom is 0.286 e. The Bertz CT molecular complexity index is 993. The second-order valence-electron chi connectivity index (χ2n) is 4.99. The molecular weight excluding hydrogens is 336 g/mol. The van der Waals surface area contributed by atoms with Crippen LogP contribution in [-0.2, 0) is 10.0 Å². The number of ketones is 1. The average molecular weight is 346 g/mol. The van der Waals surface area contributed by atoms with Gasteiger partial charge in [0.15, 0.2) is 5.78 Å². The Morgan fingerprint density at radius 2 is 1.83 bits per heavy atom. The van der Waals surface area contributed by atoms with Gasteiger partial charge in [0.1, 0.15) is 10.6 Å². The first-order valence-electron chi connectivity index (χ1n) is 6.70. The van der Waals surface area contributed by atoms with Crippen molar-refractivity contribution in [1.29, 1.82) is 0 Å². The lowest BCUT2D eigenvalue weighted by Crippen LogP contribution is -2.08. The van der Waals surface area contributed by atoms with Crippen molar-refractivity contribution in [3.05, 3.63) is 63.7 Å². The minimum absolute atomic E-state index is 0.111. The van der Waals surface area contributed by atoms with E-state index in [4.69, 9.17) is 4.74 Å². The molecule has 0 N–H and O–H groups in total. The zero-order chi connectivity index (χ0) is 17.5. The van der Waals surface area contributed by atoms with Crippen molar-refractivity contribution in [2.75, 3.05) is 0 Å². The summed E-state index contributed by atoms with van der Waals surface area (Å²) in [7, 11) is -4.05. The lowest BCUT2D eigenvalue weighted by atomic mass is 10.1. The SMILES string of the molecule is CC(=O)c1ccc(OC2=NS(=O)(=O)c3cc([N+](=O)[O-])ccc32)cc1. The summed E-state index contributed by atoms with van der Waals surface area (Å²) in [6, 6.07) is 9.50. The molecule has 2 aromatic rings. The maximum atomic E-state index is 12.0. The number of hydrogen-bond donors (Lipinski definition) is 0. The second kappa shape index (κ2) is 5.53. The van der Waals surface area contributed by atoms with Crippen molar-refractivity contribution >= 4 is 27.4 Å². The highest BCUT2D eigenvalue weighted by molar-refractivity contribution is 7.90. The van der Waals surface area contributed by atoms with Crippen LogP contribution < -0.4 is 4.74 Å². The molecule has 9 heteroatoms. The molecule has 1 aliphatic heterocycles. The van der Waals surface area contributed by atoms with Gasteiger partial charge in [0.2, 0.25) is 5.90 Å². The van der Waals surface area contributed by atoms with E-state index in [1.54, 1.807) is 12.1 Å². The van der Waals surface area contributed by atoms with Gasteiger partial charge in [-0.15, -0.1) is 4.40 Å². The van der Waals surface area contributed by atoms with Gasteiger partial charge >= 0.3 is 0 Å². The fourth-order valence-electron chi connectivity index (χ4n) is 2.17. The van der Waals surface area contributed by atoms with E-state index in [0.717, 1.165) is 6.07 Å². The number of ether oxygens (including phenoxy) is 1. The van der Waals surface area contributed by atoms with Crippen LogP contribution in [0.4, 0.5) is 5.69 Å². The van der Waals surface area contributed by atoms with E-state index in [0.29, 0.717) is 11.3 Å². The van der Waals surface area contributed by atoms with Crippen LogP contribution in [0, 0.1) is 10.1 Å². The van der Waals surface area contributed by atoms with Gasteiger partial charge in [0, 0.05) is 17.7 Å².